The first kappa shape index (κ1) is 19.6. The van der Waals surface area contributed by atoms with Crippen molar-refractivity contribution in [1.82, 2.24) is 0 Å². The van der Waals surface area contributed by atoms with Crippen LogP contribution in [0.2, 0.25) is 0 Å². The molecule has 0 radical (unpaired) electrons. The summed E-state index contributed by atoms with van der Waals surface area (Å²) < 4.78 is 35.1. The number of rotatable bonds is 4. The molecule has 0 fully saturated rings. The summed E-state index contributed by atoms with van der Waals surface area (Å²) in [6, 6.07) is 17.8. The monoisotopic (exact) mass is 438 g/mol. The molecule has 0 aliphatic carbocycles. The number of hydrogen-bond acceptors (Lipinski definition) is 6. The van der Waals surface area contributed by atoms with Crippen LogP contribution in [-0.2, 0) is 27.0 Å². The molecule has 0 saturated carbocycles. The summed E-state index contributed by atoms with van der Waals surface area (Å²) in [7, 11) is -4.18. The van der Waals surface area contributed by atoms with E-state index in [1.807, 2.05) is 0 Å². The Balaban J connectivity index is 1.63. The molecular weight excluding hydrogens is 420 g/mol. The van der Waals surface area contributed by atoms with Crippen LogP contribution in [0.4, 0.5) is 5.69 Å². The Kier molecular flexibility index (Phi) is 4.30. The third-order valence-electron chi connectivity index (χ3n) is 5.50. The molecule has 5 rings (SSSR count). The van der Waals surface area contributed by atoms with Gasteiger partial charge in [-0.25, -0.2) is 13.6 Å². The van der Waals surface area contributed by atoms with Crippen molar-refractivity contribution < 1.29 is 27.8 Å². The Hall–Kier alpha value is -3.40. The molecule has 2 heterocycles. The quantitative estimate of drug-likeness (QED) is 0.642. The molecule has 0 aromatic heterocycles. The summed E-state index contributed by atoms with van der Waals surface area (Å²) in [5.74, 6) is 0.533. The van der Waals surface area contributed by atoms with E-state index in [-0.39, 0.29) is 29.4 Å². The minimum Gasteiger partial charge on any atom is -0.454 e. The number of para-hydroxylation sites is 1. The second-order valence-corrected chi connectivity index (χ2v) is 8.88. The van der Waals surface area contributed by atoms with Crippen molar-refractivity contribution in [3.05, 3.63) is 83.4 Å². The number of aliphatic hydroxyl groups is 1. The SMILES string of the molecule is NS(=O)(=O)c1ccccc1C1(O)C(=O)N(Cc2ccc3c(c2)OCO3)c2ccccc21. The van der Waals surface area contributed by atoms with Gasteiger partial charge in [-0.3, -0.25) is 4.79 Å². The van der Waals surface area contributed by atoms with Crippen molar-refractivity contribution in [3.8, 4) is 11.5 Å². The van der Waals surface area contributed by atoms with Gasteiger partial charge in [0, 0.05) is 11.1 Å². The second kappa shape index (κ2) is 6.81. The fraction of sp³-hybridized carbons (Fsp3) is 0.136. The van der Waals surface area contributed by atoms with Gasteiger partial charge in [0.05, 0.1) is 17.1 Å². The molecule has 31 heavy (non-hydrogen) atoms. The summed E-state index contributed by atoms with van der Waals surface area (Å²) >= 11 is 0. The lowest BCUT2D eigenvalue weighted by Crippen LogP contribution is -2.42. The average Bonchev–Trinajstić information content (AvgIpc) is 3.31. The molecule has 1 amide bonds. The van der Waals surface area contributed by atoms with E-state index in [9.17, 15) is 18.3 Å². The number of hydrogen-bond donors (Lipinski definition) is 2. The zero-order valence-electron chi connectivity index (χ0n) is 16.2. The number of ether oxygens (including phenoxy) is 2. The standard InChI is InChI=1S/C22H18N2O6S/c23-31(27,28)20-8-4-2-6-16(20)22(26)15-5-1-3-7-17(15)24(21(22)25)12-14-9-10-18-19(11-14)30-13-29-18/h1-11,26H,12-13H2,(H2,23,27,28). The van der Waals surface area contributed by atoms with Gasteiger partial charge in [0.25, 0.3) is 5.91 Å². The lowest BCUT2D eigenvalue weighted by molar-refractivity contribution is -0.132. The van der Waals surface area contributed by atoms with Gasteiger partial charge in [-0.1, -0.05) is 42.5 Å². The number of anilines is 1. The molecule has 8 nitrogen and oxygen atoms in total. The smallest absolute Gasteiger partial charge is 0.268 e. The summed E-state index contributed by atoms with van der Waals surface area (Å²) in [5.41, 5.74) is -0.746. The molecule has 158 valence electrons. The molecule has 3 aromatic rings. The predicted molar refractivity (Wildman–Crippen MR) is 111 cm³/mol. The molecule has 2 aliphatic heterocycles. The van der Waals surface area contributed by atoms with Crippen LogP contribution >= 0.6 is 0 Å². The van der Waals surface area contributed by atoms with Crippen LogP contribution in [0.25, 0.3) is 0 Å². The predicted octanol–water partition coefficient (Wildman–Crippen LogP) is 1.85. The summed E-state index contributed by atoms with van der Waals surface area (Å²) in [6.45, 7) is 0.278. The third kappa shape index (κ3) is 2.97. The number of nitrogens with two attached hydrogens (primary N) is 1. The van der Waals surface area contributed by atoms with Gasteiger partial charge in [-0.2, -0.15) is 0 Å². The lowest BCUT2D eigenvalue weighted by atomic mass is 9.87. The van der Waals surface area contributed by atoms with Gasteiger partial charge in [-0.15, -0.1) is 0 Å². The fourth-order valence-electron chi connectivity index (χ4n) is 4.09. The zero-order valence-corrected chi connectivity index (χ0v) is 17.0. The number of nitrogens with zero attached hydrogens (tertiary/aromatic N) is 1. The Morgan fingerprint density at radius 2 is 1.65 bits per heavy atom. The number of primary sulfonamides is 1. The average molecular weight is 438 g/mol. The van der Waals surface area contributed by atoms with Crippen LogP contribution < -0.4 is 19.5 Å². The number of carbonyl (C=O) groups is 1. The van der Waals surface area contributed by atoms with E-state index in [1.54, 1.807) is 48.5 Å². The first-order chi connectivity index (χ1) is 14.8. The lowest BCUT2D eigenvalue weighted by Gasteiger charge is -2.25. The van der Waals surface area contributed by atoms with Crippen LogP contribution in [0.5, 0.6) is 11.5 Å². The topological polar surface area (TPSA) is 119 Å². The van der Waals surface area contributed by atoms with Crippen LogP contribution in [0.3, 0.4) is 0 Å². The van der Waals surface area contributed by atoms with Gasteiger partial charge in [-0.05, 0) is 29.8 Å². The Bertz CT molecular complexity index is 1320. The zero-order chi connectivity index (χ0) is 21.8. The van der Waals surface area contributed by atoms with E-state index in [0.717, 1.165) is 5.56 Å². The van der Waals surface area contributed by atoms with E-state index in [1.165, 1.54) is 23.1 Å². The number of amides is 1. The molecule has 2 aliphatic rings. The van der Waals surface area contributed by atoms with Gasteiger partial charge in [0.1, 0.15) is 0 Å². The molecule has 0 spiro atoms. The minimum atomic E-state index is -4.18. The van der Waals surface area contributed by atoms with Gasteiger partial charge < -0.3 is 19.5 Å². The molecule has 1 atom stereocenters. The fourth-order valence-corrected chi connectivity index (χ4v) is 4.88. The highest BCUT2D eigenvalue weighted by molar-refractivity contribution is 7.89. The normalized spacial score (nSPS) is 19.5. The number of fused-ring (bicyclic) bond motifs is 2. The Labute approximate surface area is 178 Å². The van der Waals surface area contributed by atoms with Crippen molar-refractivity contribution in [3.63, 3.8) is 0 Å². The van der Waals surface area contributed by atoms with Crippen molar-refractivity contribution in [2.24, 2.45) is 5.14 Å². The molecule has 1 unspecified atom stereocenters. The summed E-state index contributed by atoms with van der Waals surface area (Å²) in [5, 5.41) is 17.0. The molecule has 3 aromatic carbocycles. The largest absolute Gasteiger partial charge is 0.454 e. The maximum atomic E-state index is 13.6. The highest BCUT2D eigenvalue weighted by Gasteiger charge is 2.52. The number of carbonyl (C=O) groups excluding carboxylic acids is 1. The Morgan fingerprint density at radius 1 is 0.968 bits per heavy atom. The summed E-state index contributed by atoms with van der Waals surface area (Å²) in [4.78, 5) is 14.7. The van der Waals surface area contributed by atoms with Crippen molar-refractivity contribution in [1.29, 1.82) is 0 Å². The van der Waals surface area contributed by atoms with Crippen LogP contribution in [-0.4, -0.2) is 26.2 Å². The van der Waals surface area contributed by atoms with Crippen molar-refractivity contribution in [2.45, 2.75) is 17.0 Å². The van der Waals surface area contributed by atoms with Crippen molar-refractivity contribution >= 4 is 21.6 Å². The number of sulfonamides is 1. The van der Waals surface area contributed by atoms with Crippen LogP contribution in [0.1, 0.15) is 16.7 Å². The van der Waals surface area contributed by atoms with E-state index < -0.39 is 21.5 Å². The first-order valence-electron chi connectivity index (χ1n) is 9.45. The van der Waals surface area contributed by atoms with E-state index in [0.29, 0.717) is 17.2 Å². The molecule has 0 saturated heterocycles. The summed E-state index contributed by atoms with van der Waals surface area (Å²) in [6.07, 6.45) is 0. The molecule has 0 bridgehead atoms. The first-order valence-corrected chi connectivity index (χ1v) is 11.0. The molecule has 3 N–H and O–H groups in total. The van der Waals surface area contributed by atoms with E-state index in [4.69, 9.17) is 14.6 Å². The molecular formula is C22H18N2O6S. The maximum Gasteiger partial charge on any atom is 0.268 e. The van der Waals surface area contributed by atoms with Gasteiger partial charge >= 0.3 is 0 Å². The van der Waals surface area contributed by atoms with Gasteiger partial charge in [0.2, 0.25) is 16.8 Å². The highest BCUT2D eigenvalue weighted by Crippen LogP contribution is 2.46. The Morgan fingerprint density at radius 3 is 2.42 bits per heavy atom. The maximum absolute atomic E-state index is 13.6. The number of benzene rings is 3. The van der Waals surface area contributed by atoms with Crippen LogP contribution in [0.15, 0.2) is 71.6 Å². The highest BCUT2D eigenvalue weighted by atomic mass is 32.2. The van der Waals surface area contributed by atoms with Crippen molar-refractivity contribution in [2.75, 3.05) is 11.7 Å². The molecule has 9 heteroatoms. The third-order valence-corrected chi connectivity index (χ3v) is 6.47. The second-order valence-electron chi connectivity index (χ2n) is 7.35. The van der Waals surface area contributed by atoms with Gasteiger partial charge in [0.15, 0.2) is 17.1 Å². The minimum absolute atomic E-state index is 0.0804. The van der Waals surface area contributed by atoms with E-state index >= 15 is 0 Å². The van der Waals surface area contributed by atoms with Crippen LogP contribution in [0, 0.1) is 0 Å². The van der Waals surface area contributed by atoms with E-state index in [2.05, 4.69) is 0 Å².